The van der Waals surface area contributed by atoms with E-state index in [1.165, 1.54) is 0 Å². The summed E-state index contributed by atoms with van der Waals surface area (Å²) in [4.78, 5) is 11.9. The van der Waals surface area contributed by atoms with E-state index in [0.29, 0.717) is 0 Å². The molecule has 0 spiro atoms. The molecule has 92 valence electrons. The highest BCUT2D eigenvalue weighted by atomic mass is 16.1. The normalized spacial score (nSPS) is 11.9. The Kier molecular flexibility index (Phi) is 5.11. The number of ketones is 1. The van der Waals surface area contributed by atoms with E-state index in [0.717, 1.165) is 29.7 Å². The average molecular weight is 231 g/mol. The number of quaternary nitrogens is 1. The molecular weight excluding hydrogens is 210 g/mol. The fraction of sp³-hybridized carbons (Fsp3) is 0.400. The van der Waals surface area contributed by atoms with Crippen LogP contribution in [0.4, 0.5) is 0 Å². The van der Waals surface area contributed by atoms with Gasteiger partial charge in [-0.05, 0) is 27.0 Å². The number of benzene rings is 1. The van der Waals surface area contributed by atoms with Gasteiger partial charge in [-0.2, -0.15) is 0 Å². The van der Waals surface area contributed by atoms with Gasteiger partial charge in [-0.3, -0.25) is 0 Å². The molecule has 1 rings (SSSR count). The molecule has 0 aliphatic carbocycles. The molecule has 0 aliphatic heterocycles. The van der Waals surface area contributed by atoms with E-state index in [4.69, 9.17) is 0 Å². The van der Waals surface area contributed by atoms with Crippen molar-refractivity contribution in [3.8, 4) is 0 Å². The number of carbonyl (C=O) groups excluding carboxylic acids is 1. The van der Waals surface area contributed by atoms with Gasteiger partial charge in [0.2, 0.25) is 0 Å². The SMILES string of the molecule is CC[N+]([C-]=CC(=O)c1ccccc1)(CC)CC. The number of carbonyl (C=O) groups is 1. The lowest BCUT2D eigenvalue weighted by atomic mass is 10.1. The van der Waals surface area contributed by atoms with Crippen LogP contribution in [0.3, 0.4) is 0 Å². The topological polar surface area (TPSA) is 17.1 Å². The molecule has 1 aromatic carbocycles. The van der Waals surface area contributed by atoms with E-state index < -0.39 is 0 Å². The molecule has 0 fully saturated rings. The fourth-order valence-electron chi connectivity index (χ4n) is 1.83. The highest BCUT2D eigenvalue weighted by Crippen LogP contribution is 2.08. The van der Waals surface area contributed by atoms with E-state index >= 15 is 0 Å². The van der Waals surface area contributed by atoms with Crippen molar-refractivity contribution in [3.05, 3.63) is 48.2 Å². The van der Waals surface area contributed by atoms with Crippen LogP contribution in [0.2, 0.25) is 0 Å². The quantitative estimate of drug-likeness (QED) is 0.318. The van der Waals surface area contributed by atoms with Crippen molar-refractivity contribution in [2.24, 2.45) is 0 Å². The number of rotatable bonds is 6. The van der Waals surface area contributed by atoms with Gasteiger partial charge in [0.05, 0.1) is 19.6 Å². The molecule has 1 aromatic rings. The van der Waals surface area contributed by atoms with Crippen LogP contribution in [0.5, 0.6) is 0 Å². The van der Waals surface area contributed by atoms with E-state index in [-0.39, 0.29) is 5.78 Å². The van der Waals surface area contributed by atoms with Crippen molar-refractivity contribution >= 4 is 5.78 Å². The zero-order valence-corrected chi connectivity index (χ0v) is 10.9. The molecule has 0 aliphatic rings. The molecule has 0 atom stereocenters. The molecule has 0 amide bonds. The van der Waals surface area contributed by atoms with Gasteiger partial charge in [0.15, 0.2) is 0 Å². The Hall–Kier alpha value is -1.41. The summed E-state index contributed by atoms with van der Waals surface area (Å²) >= 11 is 0. The third-order valence-electron chi connectivity index (χ3n) is 3.34. The molecule has 0 N–H and O–H groups in total. The summed E-state index contributed by atoms with van der Waals surface area (Å²) in [5.74, 6) is 0.0310. The van der Waals surface area contributed by atoms with Crippen LogP contribution in [0.1, 0.15) is 31.1 Å². The van der Waals surface area contributed by atoms with E-state index in [1.807, 2.05) is 30.3 Å². The van der Waals surface area contributed by atoms with Crippen LogP contribution in [-0.2, 0) is 0 Å². The maximum atomic E-state index is 11.9. The molecule has 0 radical (unpaired) electrons. The molecular formula is C15H21NO. The largest absolute Gasteiger partial charge is 0.401 e. The monoisotopic (exact) mass is 231 g/mol. The Morgan fingerprint density at radius 2 is 1.65 bits per heavy atom. The molecule has 2 nitrogen and oxygen atoms in total. The van der Waals surface area contributed by atoms with Crippen LogP contribution in [0.25, 0.3) is 0 Å². The van der Waals surface area contributed by atoms with Gasteiger partial charge in [-0.25, -0.2) is 0 Å². The van der Waals surface area contributed by atoms with Crippen LogP contribution < -0.4 is 0 Å². The van der Waals surface area contributed by atoms with Gasteiger partial charge >= 0.3 is 0 Å². The molecule has 2 heteroatoms. The van der Waals surface area contributed by atoms with Crippen molar-refractivity contribution in [3.63, 3.8) is 0 Å². The zero-order valence-electron chi connectivity index (χ0n) is 10.9. The Bertz CT molecular complexity index is 369. The minimum Gasteiger partial charge on any atom is -0.401 e. The predicted molar refractivity (Wildman–Crippen MR) is 70.5 cm³/mol. The van der Waals surface area contributed by atoms with Crippen LogP contribution >= 0.6 is 0 Å². The highest BCUT2D eigenvalue weighted by molar-refractivity contribution is 6.03. The Balaban J connectivity index is 2.80. The first-order valence-corrected chi connectivity index (χ1v) is 6.24. The molecule has 0 bridgehead atoms. The second-order valence-electron chi connectivity index (χ2n) is 4.10. The molecule has 0 saturated carbocycles. The summed E-state index contributed by atoms with van der Waals surface area (Å²) < 4.78 is 0.735. The smallest absolute Gasteiger partial charge is 0.0660 e. The van der Waals surface area contributed by atoms with Gasteiger partial charge in [0.25, 0.3) is 0 Å². The lowest BCUT2D eigenvalue weighted by molar-refractivity contribution is -0.885. The summed E-state index contributed by atoms with van der Waals surface area (Å²) in [6.45, 7) is 9.27. The molecule has 17 heavy (non-hydrogen) atoms. The van der Waals surface area contributed by atoms with Crippen molar-refractivity contribution in [2.45, 2.75) is 20.8 Å². The first-order chi connectivity index (χ1) is 8.17. The maximum Gasteiger partial charge on any atom is 0.0660 e. The first-order valence-electron chi connectivity index (χ1n) is 6.24. The van der Waals surface area contributed by atoms with Crippen LogP contribution in [0.15, 0.2) is 36.4 Å². The third-order valence-corrected chi connectivity index (χ3v) is 3.34. The summed E-state index contributed by atoms with van der Waals surface area (Å²) in [5.41, 5.74) is 0.724. The maximum absolute atomic E-state index is 11.9. The van der Waals surface area contributed by atoms with Crippen LogP contribution in [0, 0.1) is 6.20 Å². The van der Waals surface area contributed by atoms with Gasteiger partial charge in [0, 0.05) is 5.78 Å². The van der Waals surface area contributed by atoms with E-state index in [1.54, 1.807) is 6.08 Å². The third kappa shape index (κ3) is 3.53. The molecule has 0 aromatic heterocycles. The lowest BCUT2D eigenvalue weighted by Crippen LogP contribution is -2.42. The molecule has 0 saturated heterocycles. The number of hydrogen-bond donors (Lipinski definition) is 0. The van der Waals surface area contributed by atoms with Crippen LogP contribution in [-0.4, -0.2) is 29.9 Å². The molecule has 0 heterocycles. The van der Waals surface area contributed by atoms with E-state index in [9.17, 15) is 4.79 Å². The second-order valence-corrected chi connectivity index (χ2v) is 4.10. The van der Waals surface area contributed by atoms with Gasteiger partial charge in [-0.1, -0.05) is 35.9 Å². The van der Waals surface area contributed by atoms with E-state index in [2.05, 4.69) is 27.0 Å². The predicted octanol–water partition coefficient (Wildman–Crippen LogP) is 3.06. The fourth-order valence-corrected chi connectivity index (χ4v) is 1.83. The van der Waals surface area contributed by atoms with Gasteiger partial charge < -0.3 is 9.28 Å². The first kappa shape index (κ1) is 13.7. The molecule has 0 unspecified atom stereocenters. The minimum atomic E-state index is 0.0310. The Labute approximate surface area is 104 Å². The van der Waals surface area contributed by atoms with Crippen molar-refractivity contribution in [1.82, 2.24) is 0 Å². The Morgan fingerprint density at radius 3 is 2.12 bits per heavy atom. The summed E-state index contributed by atoms with van der Waals surface area (Å²) in [6, 6.07) is 9.33. The second kappa shape index (κ2) is 6.36. The summed E-state index contributed by atoms with van der Waals surface area (Å²) in [7, 11) is 0. The lowest BCUT2D eigenvalue weighted by Gasteiger charge is -2.36. The zero-order chi connectivity index (χ0) is 12.7. The highest BCUT2D eigenvalue weighted by Gasteiger charge is 2.11. The van der Waals surface area contributed by atoms with Crippen molar-refractivity contribution < 1.29 is 9.28 Å². The summed E-state index contributed by atoms with van der Waals surface area (Å²) in [6.07, 6.45) is 4.83. The van der Waals surface area contributed by atoms with Gasteiger partial charge in [0.1, 0.15) is 0 Å². The minimum absolute atomic E-state index is 0.0310. The van der Waals surface area contributed by atoms with Crippen molar-refractivity contribution in [1.29, 1.82) is 0 Å². The Morgan fingerprint density at radius 1 is 1.12 bits per heavy atom. The number of nitrogens with zero attached hydrogens (tertiary/aromatic N) is 1. The number of allylic oxidation sites excluding steroid dienone is 1. The number of hydrogen-bond acceptors (Lipinski definition) is 1. The van der Waals surface area contributed by atoms with Gasteiger partial charge in [-0.15, -0.1) is 6.08 Å². The average Bonchev–Trinajstić information content (AvgIpc) is 2.41. The summed E-state index contributed by atoms with van der Waals surface area (Å²) in [5, 5.41) is 0. The van der Waals surface area contributed by atoms with Crippen molar-refractivity contribution in [2.75, 3.05) is 19.6 Å². The standard InChI is InChI=1S/C15H21NO/c1-4-16(5-2,6-3)13-12-15(17)14-10-8-7-9-11-14/h7-12H,4-6H2,1-3H3.